The minimum Gasteiger partial charge on any atom is -0.351 e. The SMILES string of the molecule is CC(NC(=O)C(C)(C)S(C)(=O)=O)C1CCCCN1. The number of piperidine rings is 1. The van der Waals surface area contributed by atoms with Crippen LogP contribution in [0.1, 0.15) is 40.0 Å². The summed E-state index contributed by atoms with van der Waals surface area (Å²) in [6.45, 7) is 5.76. The lowest BCUT2D eigenvalue weighted by Gasteiger charge is -2.32. The lowest BCUT2D eigenvalue weighted by molar-refractivity contribution is -0.123. The minimum atomic E-state index is -3.41. The number of hydrogen-bond donors (Lipinski definition) is 2. The molecule has 2 atom stereocenters. The normalized spacial score (nSPS) is 23.4. The van der Waals surface area contributed by atoms with Crippen molar-refractivity contribution in [3.05, 3.63) is 0 Å². The minimum absolute atomic E-state index is 0.0566. The topological polar surface area (TPSA) is 75.3 Å². The Bertz CT molecular complexity index is 398. The fraction of sp³-hybridized carbons (Fsp3) is 0.917. The number of sulfone groups is 1. The summed E-state index contributed by atoms with van der Waals surface area (Å²) in [6.07, 6.45) is 4.41. The van der Waals surface area contributed by atoms with Gasteiger partial charge in [-0.2, -0.15) is 0 Å². The Balaban J connectivity index is 2.64. The number of hydrogen-bond acceptors (Lipinski definition) is 4. The van der Waals surface area contributed by atoms with Crippen molar-refractivity contribution in [2.75, 3.05) is 12.8 Å². The van der Waals surface area contributed by atoms with Crippen LogP contribution in [0.3, 0.4) is 0 Å². The van der Waals surface area contributed by atoms with E-state index >= 15 is 0 Å². The average molecular weight is 276 g/mol. The smallest absolute Gasteiger partial charge is 0.241 e. The zero-order chi connectivity index (χ0) is 14.0. The van der Waals surface area contributed by atoms with Crippen LogP contribution in [0.2, 0.25) is 0 Å². The molecule has 0 bridgehead atoms. The van der Waals surface area contributed by atoms with Crippen LogP contribution >= 0.6 is 0 Å². The van der Waals surface area contributed by atoms with E-state index in [-0.39, 0.29) is 12.1 Å². The molecule has 1 amide bonds. The first-order valence-corrected chi connectivity index (χ1v) is 8.29. The second-order valence-electron chi connectivity index (χ2n) is 5.60. The molecule has 1 heterocycles. The summed E-state index contributed by atoms with van der Waals surface area (Å²) in [7, 11) is -3.41. The van der Waals surface area contributed by atoms with Gasteiger partial charge in [0.05, 0.1) is 0 Å². The van der Waals surface area contributed by atoms with Gasteiger partial charge >= 0.3 is 0 Å². The van der Waals surface area contributed by atoms with Gasteiger partial charge in [0.2, 0.25) is 5.91 Å². The maximum Gasteiger partial charge on any atom is 0.241 e. The molecule has 106 valence electrons. The predicted molar refractivity (Wildman–Crippen MR) is 72.2 cm³/mol. The van der Waals surface area contributed by atoms with Crippen molar-refractivity contribution in [2.45, 2.75) is 56.9 Å². The van der Waals surface area contributed by atoms with E-state index in [4.69, 9.17) is 0 Å². The van der Waals surface area contributed by atoms with E-state index < -0.39 is 20.5 Å². The highest BCUT2D eigenvalue weighted by Crippen LogP contribution is 2.17. The van der Waals surface area contributed by atoms with Gasteiger partial charge in [-0.05, 0) is 40.2 Å². The maximum atomic E-state index is 12.0. The van der Waals surface area contributed by atoms with Crippen molar-refractivity contribution in [3.8, 4) is 0 Å². The van der Waals surface area contributed by atoms with Crippen LogP contribution in [0.15, 0.2) is 0 Å². The highest BCUT2D eigenvalue weighted by Gasteiger charge is 2.39. The molecule has 5 nitrogen and oxygen atoms in total. The molecule has 1 saturated heterocycles. The fourth-order valence-corrected chi connectivity index (χ4v) is 2.35. The highest BCUT2D eigenvalue weighted by molar-refractivity contribution is 7.92. The lowest BCUT2D eigenvalue weighted by Crippen LogP contribution is -2.56. The highest BCUT2D eigenvalue weighted by atomic mass is 32.2. The van der Waals surface area contributed by atoms with Crippen LogP contribution in [0, 0.1) is 0 Å². The Hall–Kier alpha value is -0.620. The summed E-state index contributed by atoms with van der Waals surface area (Å²) in [4.78, 5) is 12.0. The summed E-state index contributed by atoms with van der Waals surface area (Å²) >= 11 is 0. The van der Waals surface area contributed by atoms with E-state index in [9.17, 15) is 13.2 Å². The van der Waals surface area contributed by atoms with E-state index in [2.05, 4.69) is 10.6 Å². The van der Waals surface area contributed by atoms with Gasteiger partial charge in [-0.25, -0.2) is 8.42 Å². The third-order valence-electron chi connectivity index (χ3n) is 3.78. The first kappa shape index (κ1) is 15.4. The number of carbonyl (C=O) groups excluding carboxylic acids is 1. The monoisotopic (exact) mass is 276 g/mol. The quantitative estimate of drug-likeness (QED) is 0.782. The van der Waals surface area contributed by atoms with Crippen molar-refractivity contribution >= 4 is 15.7 Å². The lowest BCUT2D eigenvalue weighted by atomic mass is 9.98. The van der Waals surface area contributed by atoms with Gasteiger partial charge in [-0.15, -0.1) is 0 Å². The number of nitrogens with one attached hydrogen (secondary N) is 2. The van der Waals surface area contributed by atoms with E-state index in [1.165, 1.54) is 13.8 Å². The van der Waals surface area contributed by atoms with E-state index in [0.717, 1.165) is 32.1 Å². The molecule has 0 spiro atoms. The summed E-state index contributed by atoms with van der Waals surface area (Å²) in [5, 5.41) is 6.17. The fourth-order valence-electron chi connectivity index (χ4n) is 1.96. The second kappa shape index (κ2) is 5.57. The van der Waals surface area contributed by atoms with Crippen molar-refractivity contribution in [3.63, 3.8) is 0 Å². The summed E-state index contributed by atoms with van der Waals surface area (Å²) < 4.78 is 21.8. The van der Waals surface area contributed by atoms with Crippen LogP contribution in [-0.2, 0) is 14.6 Å². The third kappa shape index (κ3) is 3.45. The molecule has 2 N–H and O–H groups in total. The molecule has 6 heteroatoms. The van der Waals surface area contributed by atoms with E-state index in [1.54, 1.807) is 0 Å². The Morgan fingerprint density at radius 1 is 1.39 bits per heavy atom. The summed E-state index contributed by atoms with van der Waals surface area (Å²) in [5.74, 6) is -0.426. The van der Waals surface area contributed by atoms with Gasteiger partial charge in [0.1, 0.15) is 4.75 Å². The van der Waals surface area contributed by atoms with Crippen LogP contribution in [0.4, 0.5) is 0 Å². The predicted octanol–water partition coefficient (Wildman–Crippen LogP) is 0.456. The Labute approximate surface area is 110 Å². The molecule has 0 saturated carbocycles. The van der Waals surface area contributed by atoms with Crippen molar-refractivity contribution in [1.82, 2.24) is 10.6 Å². The van der Waals surface area contributed by atoms with Gasteiger partial charge in [0.15, 0.2) is 9.84 Å². The maximum absolute atomic E-state index is 12.0. The first-order valence-electron chi connectivity index (χ1n) is 6.40. The molecular weight excluding hydrogens is 252 g/mol. The molecule has 1 rings (SSSR count). The molecule has 0 radical (unpaired) electrons. The van der Waals surface area contributed by atoms with Gasteiger partial charge in [-0.1, -0.05) is 6.42 Å². The third-order valence-corrected chi connectivity index (χ3v) is 5.82. The average Bonchev–Trinajstić information content (AvgIpc) is 2.28. The number of carbonyl (C=O) groups is 1. The van der Waals surface area contributed by atoms with Gasteiger partial charge in [0, 0.05) is 18.3 Å². The zero-order valence-electron chi connectivity index (χ0n) is 11.6. The summed E-state index contributed by atoms with van der Waals surface area (Å²) in [5.41, 5.74) is 0. The van der Waals surface area contributed by atoms with Crippen LogP contribution < -0.4 is 10.6 Å². The molecule has 0 aromatic heterocycles. The Morgan fingerprint density at radius 2 is 2.00 bits per heavy atom. The molecule has 0 aromatic carbocycles. The van der Waals surface area contributed by atoms with Crippen LogP contribution in [0.5, 0.6) is 0 Å². The van der Waals surface area contributed by atoms with E-state index in [0.29, 0.717) is 0 Å². The standard InChI is InChI=1S/C12H24N2O3S/c1-9(10-7-5-6-8-13-10)14-11(15)12(2,3)18(4,16)17/h9-10,13H,5-8H2,1-4H3,(H,14,15). The zero-order valence-corrected chi connectivity index (χ0v) is 12.4. The van der Waals surface area contributed by atoms with Gasteiger partial charge < -0.3 is 10.6 Å². The van der Waals surface area contributed by atoms with Crippen LogP contribution in [0.25, 0.3) is 0 Å². The molecule has 1 fully saturated rings. The molecule has 2 unspecified atom stereocenters. The van der Waals surface area contributed by atoms with E-state index in [1.807, 2.05) is 6.92 Å². The molecule has 1 aliphatic rings. The van der Waals surface area contributed by atoms with Crippen molar-refractivity contribution in [1.29, 1.82) is 0 Å². The molecule has 0 aliphatic carbocycles. The summed E-state index contributed by atoms with van der Waals surface area (Å²) in [6, 6.07) is 0.178. The van der Waals surface area contributed by atoms with Crippen molar-refractivity contribution in [2.24, 2.45) is 0 Å². The largest absolute Gasteiger partial charge is 0.351 e. The number of amides is 1. The second-order valence-corrected chi connectivity index (χ2v) is 8.17. The molecule has 0 aromatic rings. The Kier molecular flexibility index (Phi) is 4.78. The molecule has 1 aliphatic heterocycles. The Morgan fingerprint density at radius 3 is 2.44 bits per heavy atom. The van der Waals surface area contributed by atoms with Crippen LogP contribution in [-0.4, -0.2) is 44.0 Å². The van der Waals surface area contributed by atoms with Crippen molar-refractivity contribution < 1.29 is 13.2 Å². The first-order chi connectivity index (χ1) is 8.16. The molecular formula is C12H24N2O3S. The molecule has 18 heavy (non-hydrogen) atoms. The number of rotatable bonds is 4. The van der Waals surface area contributed by atoms with Gasteiger partial charge in [0.25, 0.3) is 0 Å². The van der Waals surface area contributed by atoms with Gasteiger partial charge in [-0.3, -0.25) is 4.79 Å².